The van der Waals surface area contributed by atoms with Gasteiger partial charge in [0.25, 0.3) is 0 Å². The van der Waals surface area contributed by atoms with Crippen LogP contribution in [-0.2, 0) is 0 Å². The third-order valence-corrected chi connectivity index (χ3v) is 3.33. The molecule has 0 saturated carbocycles. The number of aliphatic imine (C=N–C) groups is 1. The first kappa shape index (κ1) is 10.2. The topological polar surface area (TPSA) is 53.7 Å². The minimum absolute atomic E-state index is 0.332. The molecule has 5 nitrogen and oxygen atoms in total. The molecule has 5 heteroatoms. The number of hydroxylamine groups is 2. The molecular formula is C10H16N4O. The fraction of sp³-hybridized carbons (Fsp3) is 0.600. The molecule has 0 aliphatic carbocycles. The van der Waals surface area contributed by atoms with Gasteiger partial charge in [0.2, 0.25) is 5.96 Å². The van der Waals surface area contributed by atoms with Gasteiger partial charge >= 0.3 is 0 Å². The zero-order chi connectivity index (χ0) is 11.3. The average molecular weight is 208 g/mol. The van der Waals surface area contributed by atoms with Crippen molar-refractivity contribution in [2.45, 2.75) is 38.8 Å². The first-order valence-corrected chi connectivity index (χ1v) is 4.93. The lowest BCUT2D eigenvalue weighted by molar-refractivity contribution is -0.102. The summed E-state index contributed by atoms with van der Waals surface area (Å²) >= 11 is 0. The van der Waals surface area contributed by atoms with Crippen molar-refractivity contribution < 1.29 is 5.21 Å². The fourth-order valence-corrected chi connectivity index (χ4v) is 1.49. The molecule has 0 radical (unpaired) electrons. The van der Waals surface area contributed by atoms with Gasteiger partial charge in [0.05, 0.1) is 11.1 Å². The van der Waals surface area contributed by atoms with Crippen LogP contribution in [0.5, 0.6) is 0 Å². The van der Waals surface area contributed by atoms with Crippen LogP contribution >= 0.6 is 0 Å². The summed E-state index contributed by atoms with van der Waals surface area (Å²) in [5.41, 5.74) is -0.756. The van der Waals surface area contributed by atoms with E-state index in [2.05, 4.69) is 9.98 Å². The van der Waals surface area contributed by atoms with Crippen LogP contribution in [0.2, 0.25) is 0 Å². The van der Waals surface area contributed by atoms with Crippen LogP contribution in [0.3, 0.4) is 0 Å². The summed E-state index contributed by atoms with van der Waals surface area (Å²) in [7, 11) is 0. The lowest BCUT2D eigenvalue weighted by Crippen LogP contribution is -2.52. The Hall–Kier alpha value is -1.36. The number of hydrogen-bond acceptors (Lipinski definition) is 4. The van der Waals surface area contributed by atoms with E-state index in [4.69, 9.17) is 0 Å². The predicted octanol–water partition coefficient (Wildman–Crippen LogP) is 1.35. The van der Waals surface area contributed by atoms with Gasteiger partial charge in [0, 0.05) is 12.4 Å². The second-order valence-corrected chi connectivity index (χ2v) is 4.81. The normalized spacial score (nSPS) is 23.0. The zero-order valence-corrected chi connectivity index (χ0v) is 9.47. The largest absolute Gasteiger partial charge is 0.285 e. The van der Waals surface area contributed by atoms with Gasteiger partial charge in [-0.05, 0) is 27.7 Å². The van der Waals surface area contributed by atoms with Gasteiger partial charge in [0.1, 0.15) is 6.33 Å². The molecule has 1 aromatic heterocycles. The second kappa shape index (κ2) is 2.82. The number of hydrogen-bond donors (Lipinski definition) is 1. The molecule has 0 spiro atoms. The van der Waals surface area contributed by atoms with Crippen molar-refractivity contribution in [3.63, 3.8) is 0 Å². The Morgan fingerprint density at radius 1 is 1.27 bits per heavy atom. The zero-order valence-electron chi connectivity index (χ0n) is 9.47. The maximum absolute atomic E-state index is 10.1. The van der Waals surface area contributed by atoms with Crippen molar-refractivity contribution in [2.75, 3.05) is 0 Å². The molecule has 1 N–H and O–H groups in total. The Kier molecular flexibility index (Phi) is 1.91. The van der Waals surface area contributed by atoms with Gasteiger partial charge in [-0.2, -0.15) is 0 Å². The summed E-state index contributed by atoms with van der Waals surface area (Å²) in [6.07, 6.45) is 5.05. The molecule has 1 aromatic rings. The molecular weight excluding hydrogens is 192 g/mol. The second-order valence-electron chi connectivity index (χ2n) is 4.81. The third-order valence-electron chi connectivity index (χ3n) is 3.33. The van der Waals surface area contributed by atoms with Crippen LogP contribution in [0.15, 0.2) is 23.7 Å². The van der Waals surface area contributed by atoms with Gasteiger partial charge in [-0.1, -0.05) is 0 Å². The van der Waals surface area contributed by atoms with E-state index in [1.807, 2.05) is 27.7 Å². The van der Waals surface area contributed by atoms with Gasteiger partial charge in [0.15, 0.2) is 0 Å². The van der Waals surface area contributed by atoms with E-state index in [0.717, 1.165) is 0 Å². The third kappa shape index (κ3) is 1.26. The first-order chi connectivity index (χ1) is 6.86. The molecule has 1 aliphatic rings. The molecule has 0 unspecified atom stereocenters. The van der Waals surface area contributed by atoms with Gasteiger partial charge in [-0.3, -0.25) is 9.77 Å². The average Bonchev–Trinajstić information content (AvgIpc) is 2.69. The molecule has 0 aromatic carbocycles. The number of nitrogens with zero attached hydrogens (tertiary/aromatic N) is 4. The monoisotopic (exact) mass is 208 g/mol. The number of rotatable bonds is 0. The van der Waals surface area contributed by atoms with Crippen molar-refractivity contribution in [1.82, 2.24) is 14.6 Å². The molecule has 0 bridgehead atoms. The van der Waals surface area contributed by atoms with Crippen molar-refractivity contribution in [1.29, 1.82) is 0 Å². The minimum Gasteiger partial charge on any atom is -0.285 e. The van der Waals surface area contributed by atoms with Crippen molar-refractivity contribution in [3.05, 3.63) is 18.7 Å². The summed E-state index contributed by atoms with van der Waals surface area (Å²) in [5.74, 6) is 0.516. The lowest BCUT2D eigenvalue weighted by Gasteiger charge is -2.36. The predicted molar refractivity (Wildman–Crippen MR) is 56.8 cm³/mol. The summed E-state index contributed by atoms with van der Waals surface area (Å²) in [6.45, 7) is 7.92. The van der Waals surface area contributed by atoms with E-state index >= 15 is 0 Å². The molecule has 0 amide bonds. The first-order valence-electron chi connectivity index (χ1n) is 4.93. The molecule has 0 saturated heterocycles. The van der Waals surface area contributed by atoms with E-state index < -0.39 is 5.54 Å². The summed E-state index contributed by atoms with van der Waals surface area (Å²) in [6, 6.07) is 0. The van der Waals surface area contributed by atoms with Gasteiger partial charge in [-0.15, -0.1) is 0 Å². The molecule has 0 atom stereocenters. The summed E-state index contributed by atoms with van der Waals surface area (Å²) in [4.78, 5) is 8.45. The molecule has 2 heterocycles. The van der Waals surface area contributed by atoms with Gasteiger partial charge < -0.3 is 0 Å². The van der Waals surface area contributed by atoms with E-state index in [1.165, 1.54) is 5.06 Å². The minimum atomic E-state index is -0.424. The number of aromatic nitrogens is 2. The quantitative estimate of drug-likeness (QED) is 0.700. The Morgan fingerprint density at radius 2 is 1.93 bits per heavy atom. The van der Waals surface area contributed by atoms with Crippen LogP contribution in [0.1, 0.15) is 27.7 Å². The Labute approximate surface area is 89.0 Å². The van der Waals surface area contributed by atoms with Crippen molar-refractivity contribution in [3.8, 4) is 0 Å². The van der Waals surface area contributed by atoms with Crippen LogP contribution in [0.4, 0.5) is 0 Å². The molecule has 82 valence electrons. The van der Waals surface area contributed by atoms with Crippen LogP contribution < -0.4 is 0 Å². The summed E-state index contributed by atoms with van der Waals surface area (Å²) < 4.78 is 1.70. The molecule has 15 heavy (non-hydrogen) atoms. The van der Waals surface area contributed by atoms with Crippen molar-refractivity contribution in [2.24, 2.45) is 4.99 Å². The van der Waals surface area contributed by atoms with Crippen LogP contribution in [0, 0.1) is 0 Å². The lowest BCUT2D eigenvalue weighted by atomic mass is 9.84. The van der Waals surface area contributed by atoms with Gasteiger partial charge in [-0.25, -0.2) is 15.0 Å². The SMILES string of the molecule is CC1(C)N=C(n2ccnc2)N(O)C1(C)C. The highest BCUT2D eigenvalue weighted by atomic mass is 16.5. The Morgan fingerprint density at radius 3 is 2.33 bits per heavy atom. The van der Waals surface area contributed by atoms with E-state index in [-0.39, 0.29) is 5.54 Å². The fourth-order valence-electron chi connectivity index (χ4n) is 1.49. The van der Waals surface area contributed by atoms with E-state index in [1.54, 1.807) is 23.3 Å². The Bertz CT molecular complexity index is 392. The Balaban J connectivity index is 2.46. The highest BCUT2D eigenvalue weighted by molar-refractivity contribution is 5.84. The maximum Gasteiger partial charge on any atom is 0.231 e. The highest BCUT2D eigenvalue weighted by Crippen LogP contribution is 2.36. The maximum atomic E-state index is 10.1. The smallest absolute Gasteiger partial charge is 0.231 e. The van der Waals surface area contributed by atoms with Crippen LogP contribution in [0.25, 0.3) is 0 Å². The van der Waals surface area contributed by atoms with Crippen LogP contribution in [-0.4, -0.2) is 36.9 Å². The summed E-state index contributed by atoms with van der Waals surface area (Å²) in [5, 5.41) is 11.3. The standard InChI is InChI=1S/C10H16N4O/c1-9(2)10(3,4)14(15)8(12-9)13-6-5-11-7-13/h5-7,15H,1-4H3. The number of imidazole rings is 1. The molecule has 1 aliphatic heterocycles. The molecule has 2 rings (SSSR count). The van der Waals surface area contributed by atoms with Crippen molar-refractivity contribution >= 4 is 5.96 Å². The highest BCUT2D eigenvalue weighted by Gasteiger charge is 2.49. The van der Waals surface area contributed by atoms with E-state index in [0.29, 0.717) is 5.96 Å². The van der Waals surface area contributed by atoms with E-state index in [9.17, 15) is 5.21 Å². The molecule has 0 fully saturated rings.